The van der Waals surface area contributed by atoms with Crippen molar-refractivity contribution < 1.29 is 23.7 Å². The maximum Gasteiger partial charge on any atom is 0.311 e. The first-order valence-electron chi connectivity index (χ1n) is 8.57. The molecule has 9 nitrogen and oxygen atoms in total. The number of methoxy groups -OCH3 is 4. The van der Waals surface area contributed by atoms with Crippen molar-refractivity contribution in [3.8, 4) is 11.4 Å². The Morgan fingerprint density at radius 2 is 1.79 bits per heavy atom. The van der Waals surface area contributed by atoms with Gasteiger partial charge in [-0.2, -0.15) is 0 Å². The van der Waals surface area contributed by atoms with Crippen molar-refractivity contribution in [2.24, 2.45) is 4.99 Å². The highest BCUT2D eigenvalue weighted by atomic mass is 16.7. The first-order chi connectivity index (χ1) is 13.4. The number of ether oxygens (including phenoxy) is 4. The lowest BCUT2D eigenvalue weighted by Gasteiger charge is -2.10. The van der Waals surface area contributed by atoms with Gasteiger partial charge in [-0.3, -0.25) is 19.7 Å². The fourth-order valence-electron chi connectivity index (χ4n) is 2.65. The number of esters is 1. The van der Waals surface area contributed by atoms with Crippen molar-refractivity contribution in [1.29, 1.82) is 0 Å². The van der Waals surface area contributed by atoms with Crippen LogP contribution in [-0.4, -0.2) is 62.7 Å². The standard InChI is InChI=1S/C19H25N3O6/c1-12(20-11-17(27-4)28-5)18-15(10-16(23)26-3)21-22(19(18)24)13-6-8-14(25-2)9-7-13/h6-9,17,21H,10-11H2,1-5H3. The summed E-state index contributed by atoms with van der Waals surface area (Å²) >= 11 is 0. The Balaban J connectivity index is 2.49. The fourth-order valence-corrected chi connectivity index (χ4v) is 2.65. The molecule has 0 aliphatic rings. The molecule has 0 unspecified atom stereocenters. The number of hydrogen-bond donors (Lipinski definition) is 1. The van der Waals surface area contributed by atoms with E-state index in [-0.39, 0.29) is 18.5 Å². The number of hydrogen-bond acceptors (Lipinski definition) is 7. The largest absolute Gasteiger partial charge is 0.497 e. The molecule has 9 heteroatoms. The van der Waals surface area contributed by atoms with Gasteiger partial charge in [-0.1, -0.05) is 0 Å². The van der Waals surface area contributed by atoms with Crippen LogP contribution in [0.5, 0.6) is 5.75 Å². The molecule has 1 heterocycles. The summed E-state index contributed by atoms with van der Waals surface area (Å²) in [4.78, 5) is 29.2. The summed E-state index contributed by atoms with van der Waals surface area (Å²) in [6.07, 6.45) is -0.614. The number of aromatic amines is 1. The van der Waals surface area contributed by atoms with Gasteiger partial charge in [0.05, 0.1) is 44.1 Å². The number of carbonyl (C=O) groups excluding carboxylic acids is 1. The lowest BCUT2D eigenvalue weighted by Crippen LogP contribution is -2.22. The van der Waals surface area contributed by atoms with Gasteiger partial charge in [0.25, 0.3) is 5.56 Å². The summed E-state index contributed by atoms with van der Waals surface area (Å²) < 4.78 is 21.5. The Morgan fingerprint density at radius 3 is 2.32 bits per heavy atom. The topological polar surface area (TPSA) is 104 Å². The van der Waals surface area contributed by atoms with Crippen molar-refractivity contribution in [2.75, 3.05) is 35.0 Å². The van der Waals surface area contributed by atoms with Gasteiger partial charge >= 0.3 is 5.97 Å². The van der Waals surface area contributed by atoms with Crippen LogP contribution in [0.15, 0.2) is 34.1 Å². The van der Waals surface area contributed by atoms with E-state index in [0.717, 1.165) is 0 Å². The molecule has 28 heavy (non-hydrogen) atoms. The third kappa shape index (κ3) is 4.87. The van der Waals surface area contributed by atoms with Crippen molar-refractivity contribution in [3.63, 3.8) is 0 Å². The average Bonchev–Trinajstić information content (AvgIpc) is 3.04. The number of aromatic nitrogens is 2. The second-order valence-corrected chi connectivity index (χ2v) is 5.88. The zero-order valence-electron chi connectivity index (χ0n) is 16.6. The minimum absolute atomic E-state index is 0.0882. The van der Waals surface area contributed by atoms with Gasteiger partial charge in [0, 0.05) is 19.9 Å². The SMILES string of the molecule is COC(=O)Cc1[nH]n(-c2ccc(OC)cc2)c(=O)c1C(C)=NCC(OC)OC. The van der Waals surface area contributed by atoms with Gasteiger partial charge in [-0.15, -0.1) is 0 Å². The van der Waals surface area contributed by atoms with Crippen LogP contribution in [0.3, 0.4) is 0 Å². The molecule has 0 bridgehead atoms. The van der Waals surface area contributed by atoms with Crippen molar-refractivity contribution in [3.05, 3.63) is 45.9 Å². The molecule has 152 valence electrons. The van der Waals surface area contributed by atoms with Gasteiger partial charge < -0.3 is 18.9 Å². The molecule has 0 saturated carbocycles. The van der Waals surface area contributed by atoms with E-state index >= 15 is 0 Å². The van der Waals surface area contributed by atoms with Crippen LogP contribution in [0, 0.1) is 0 Å². The molecule has 0 amide bonds. The van der Waals surface area contributed by atoms with Crippen LogP contribution in [0.25, 0.3) is 5.69 Å². The molecule has 1 aromatic heterocycles. The number of rotatable bonds is 9. The van der Waals surface area contributed by atoms with E-state index < -0.39 is 12.3 Å². The zero-order valence-corrected chi connectivity index (χ0v) is 16.6. The fraction of sp³-hybridized carbons (Fsp3) is 0.421. The lowest BCUT2D eigenvalue weighted by molar-refractivity contribution is -0.139. The highest BCUT2D eigenvalue weighted by molar-refractivity contribution is 6.00. The molecule has 0 saturated heterocycles. The van der Waals surface area contributed by atoms with Crippen LogP contribution in [0.1, 0.15) is 18.2 Å². The molecule has 2 rings (SSSR count). The third-order valence-electron chi connectivity index (χ3n) is 4.21. The summed E-state index contributed by atoms with van der Waals surface area (Å²) in [5.74, 6) is 0.199. The Kier molecular flexibility index (Phi) is 7.53. The maximum absolute atomic E-state index is 13.0. The summed E-state index contributed by atoms with van der Waals surface area (Å²) in [5, 5.41) is 2.98. The molecule has 0 aliphatic heterocycles. The first-order valence-corrected chi connectivity index (χ1v) is 8.57. The van der Waals surface area contributed by atoms with E-state index in [2.05, 4.69) is 10.1 Å². The Bertz CT molecular complexity index is 878. The molecule has 0 fully saturated rings. The van der Waals surface area contributed by atoms with E-state index in [1.165, 1.54) is 26.0 Å². The van der Waals surface area contributed by atoms with Crippen LogP contribution in [0.2, 0.25) is 0 Å². The van der Waals surface area contributed by atoms with E-state index in [4.69, 9.17) is 18.9 Å². The minimum atomic E-state index is -0.526. The van der Waals surface area contributed by atoms with Gasteiger partial charge in [-0.05, 0) is 31.2 Å². The van der Waals surface area contributed by atoms with E-state index in [1.54, 1.807) is 38.3 Å². The predicted molar refractivity (Wildman–Crippen MR) is 104 cm³/mol. The summed E-state index contributed by atoms with van der Waals surface area (Å²) in [5.41, 5.74) is 1.47. The highest BCUT2D eigenvalue weighted by Gasteiger charge is 2.20. The molecule has 0 spiro atoms. The van der Waals surface area contributed by atoms with Crippen molar-refractivity contribution >= 4 is 11.7 Å². The summed E-state index contributed by atoms with van der Waals surface area (Å²) in [7, 11) is 5.88. The Hall–Kier alpha value is -2.91. The number of benzene rings is 1. The maximum atomic E-state index is 13.0. The van der Waals surface area contributed by atoms with Gasteiger partial charge in [0.1, 0.15) is 5.75 Å². The molecule has 0 radical (unpaired) electrons. The molecular weight excluding hydrogens is 366 g/mol. The van der Waals surface area contributed by atoms with Crippen LogP contribution in [0.4, 0.5) is 0 Å². The zero-order chi connectivity index (χ0) is 20.7. The van der Waals surface area contributed by atoms with Gasteiger partial charge in [0.2, 0.25) is 0 Å². The summed E-state index contributed by atoms with van der Waals surface area (Å²) in [6, 6.07) is 6.96. The molecule has 0 aliphatic carbocycles. The van der Waals surface area contributed by atoms with Gasteiger partial charge in [0.15, 0.2) is 6.29 Å². The number of H-pyrrole nitrogens is 1. The smallest absolute Gasteiger partial charge is 0.311 e. The van der Waals surface area contributed by atoms with Crippen molar-refractivity contribution in [1.82, 2.24) is 9.78 Å². The van der Waals surface area contributed by atoms with E-state index in [1.807, 2.05) is 0 Å². The number of nitrogens with one attached hydrogen (secondary N) is 1. The lowest BCUT2D eigenvalue weighted by atomic mass is 10.1. The van der Waals surface area contributed by atoms with Crippen LogP contribution in [-0.2, 0) is 25.4 Å². The average molecular weight is 391 g/mol. The van der Waals surface area contributed by atoms with Crippen LogP contribution >= 0.6 is 0 Å². The predicted octanol–water partition coefficient (Wildman–Crippen LogP) is 1.32. The molecule has 1 N–H and O–H groups in total. The highest BCUT2D eigenvalue weighted by Crippen LogP contribution is 2.15. The monoisotopic (exact) mass is 391 g/mol. The molecular formula is C19H25N3O6. The number of aliphatic imine (C=N–C) groups is 1. The number of carbonyl (C=O) groups is 1. The van der Waals surface area contributed by atoms with E-state index in [0.29, 0.717) is 28.4 Å². The molecule has 1 aromatic carbocycles. The van der Waals surface area contributed by atoms with E-state index in [9.17, 15) is 9.59 Å². The molecule has 0 atom stereocenters. The second-order valence-electron chi connectivity index (χ2n) is 5.88. The molecule has 2 aromatic rings. The Morgan fingerprint density at radius 1 is 1.14 bits per heavy atom. The van der Waals surface area contributed by atoms with Crippen LogP contribution < -0.4 is 10.3 Å². The number of nitrogens with zero attached hydrogens (tertiary/aromatic N) is 2. The summed E-state index contributed by atoms with van der Waals surface area (Å²) in [6.45, 7) is 1.91. The second kappa shape index (κ2) is 9.86. The first kappa shape index (κ1) is 21.4. The quantitative estimate of drug-likeness (QED) is 0.393. The van der Waals surface area contributed by atoms with Gasteiger partial charge in [-0.25, -0.2) is 4.68 Å². The Labute approximate surface area is 162 Å². The minimum Gasteiger partial charge on any atom is -0.497 e. The normalized spacial score (nSPS) is 11.7. The van der Waals surface area contributed by atoms with Crippen molar-refractivity contribution in [2.45, 2.75) is 19.6 Å². The third-order valence-corrected chi connectivity index (χ3v) is 4.21.